The van der Waals surface area contributed by atoms with E-state index in [1.54, 1.807) is 0 Å². The van der Waals surface area contributed by atoms with Crippen molar-refractivity contribution >= 4 is 29.1 Å². The fourth-order valence-corrected chi connectivity index (χ4v) is 2.81. The van der Waals surface area contributed by atoms with Crippen LogP contribution in [0.2, 0.25) is 10.0 Å². The Morgan fingerprint density at radius 3 is 2.83 bits per heavy atom. The van der Waals surface area contributed by atoms with E-state index in [-0.39, 0.29) is 11.8 Å². The number of primary amides is 1. The van der Waals surface area contributed by atoms with E-state index in [0.29, 0.717) is 10.0 Å². The van der Waals surface area contributed by atoms with Gasteiger partial charge in [0.2, 0.25) is 5.91 Å². The molecule has 1 aliphatic rings. The maximum absolute atomic E-state index is 11.2. The van der Waals surface area contributed by atoms with Crippen molar-refractivity contribution in [3.8, 4) is 0 Å². The van der Waals surface area contributed by atoms with E-state index in [2.05, 4.69) is 0 Å². The van der Waals surface area contributed by atoms with Gasteiger partial charge < -0.3 is 10.6 Å². The largest absolute Gasteiger partial charge is 0.369 e. The van der Waals surface area contributed by atoms with Crippen LogP contribution in [-0.2, 0) is 11.3 Å². The van der Waals surface area contributed by atoms with Crippen molar-refractivity contribution < 1.29 is 9.69 Å². The molecule has 1 aromatic carbocycles. The smallest absolute Gasteiger partial charge is 0.226 e. The Kier molecular flexibility index (Phi) is 4.49. The van der Waals surface area contributed by atoms with Crippen molar-refractivity contribution in [3.05, 3.63) is 33.8 Å². The number of hydrogen-bond donors (Lipinski definition) is 2. The number of piperidine rings is 1. The highest BCUT2D eigenvalue weighted by Crippen LogP contribution is 2.22. The summed E-state index contributed by atoms with van der Waals surface area (Å²) in [5.74, 6) is -0.169. The zero-order valence-corrected chi connectivity index (χ0v) is 11.6. The molecule has 1 amide bonds. The molecule has 5 heteroatoms. The summed E-state index contributed by atoms with van der Waals surface area (Å²) in [6.45, 7) is 2.75. The number of carbonyl (C=O) groups excluding carboxylic acids is 1. The van der Waals surface area contributed by atoms with Gasteiger partial charge in [0.05, 0.1) is 29.1 Å². The van der Waals surface area contributed by atoms with Crippen LogP contribution in [0.15, 0.2) is 18.2 Å². The molecule has 3 N–H and O–H groups in total. The van der Waals surface area contributed by atoms with Crippen molar-refractivity contribution in [1.82, 2.24) is 0 Å². The second-order valence-corrected chi connectivity index (χ2v) is 5.69. The molecule has 0 aromatic heterocycles. The van der Waals surface area contributed by atoms with Crippen molar-refractivity contribution in [2.75, 3.05) is 13.1 Å². The lowest BCUT2D eigenvalue weighted by molar-refractivity contribution is -0.921. The third-order valence-corrected chi connectivity index (χ3v) is 4.20. The van der Waals surface area contributed by atoms with Crippen molar-refractivity contribution in [3.63, 3.8) is 0 Å². The van der Waals surface area contributed by atoms with Gasteiger partial charge in [-0.3, -0.25) is 4.79 Å². The molecule has 1 saturated heterocycles. The van der Waals surface area contributed by atoms with Gasteiger partial charge in [-0.2, -0.15) is 0 Å². The third kappa shape index (κ3) is 3.37. The Morgan fingerprint density at radius 2 is 2.17 bits per heavy atom. The zero-order chi connectivity index (χ0) is 13.1. The summed E-state index contributed by atoms with van der Waals surface area (Å²) in [7, 11) is 0. The van der Waals surface area contributed by atoms with Crippen molar-refractivity contribution in [2.24, 2.45) is 11.7 Å². The molecule has 1 unspecified atom stereocenters. The second kappa shape index (κ2) is 5.91. The average Bonchev–Trinajstić information content (AvgIpc) is 2.34. The molecule has 2 rings (SSSR count). The molecule has 3 nitrogen and oxygen atoms in total. The molecule has 1 fully saturated rings. The van der Waals surface area contributed by atoms with E-state index in [4.69, 9.17) is 28.9 Å². The molecule has 0 spiro atoms. The maximum Gasteiger partial charge on any atom is 0.226 e. The van der Waals surface area contributed by atoms with Gasteiger partial charge in [0.25, 0.3) is 0 Å². The maximum atomic E-state index is 11.2. The molecule has 1 aromatic rings. The molecule has 2 atom stereocenters. The number of halogens is 2. The summed E-state index contributed by atoms with van der Waals surface area (Å²) in [6, 6.07) is 5.69. The predicted octanol–water partition coefficient (Wildman–Crippen LogP) is 1.27. The number of likely N-dealkylation sites (tertiary alicyclic amines) is 1. The van der Waals surface area contributed by atoms with Crippen LogP contribution < -0.4 is 10.6 Å². The normalized spacial score (nSPS) is 23.9. The fraction of sp³-hybridized carbons (Fsp3) is 0.462. The molecule has 18 heavy (non-hydrogen) atoms. The van der Waals surface area contributed by atoms with Crippen LogP contribution in [0.1, 0.15) is 18.4 Å². The van der Waals surface area contributed by atoms with E-state index in [0.717, 1.165) is 38.0 Å². The number of rotatable bonds is 3. The van der Waals surface area contributed by atoms with Gasteiger partial charge in [-0.1, -0.05) is 29.3 Å². The molecule has 1 aliphatic heterocycles. The van der Waals surface area contributed by atoms with E-state index < -0.39 is 0 Å². The number of hydrogen-bond acceptors (Lipinski definition) is 1. The van der Waals surface area contributed by atoms with Crippen LogP contribution in [0.4, 0.5) is 0 Å². The highest BCUT2D eigenvalue weighted by Gasteiger charge is 2.26. The standard InChI is InChI=1S/C13H16Cl2N2O/c14-11-4-3-9(6-12(11)15)7-17-5-1-2-10(8-17)13(16)18/h3-4,6,10H,1-2,5,7-8H2,(H2,16,18)/p+1/t10-/m1/s1. The van der Waals surface area contributed by atoms with E-state index >= 15 is 0 Å². The summed E-state index contributed by atoms with van der Waals surface area (Å²) in [5, 5.41) is 1.15. The van der Waals surface area contributed by atoms with Gasteiger partial charge in [-0.15, -0.1) is 0 Å². The highest BCUT2D eigenvalue weighted by atomic mass is 35.5. The first kappa shape index (κ1) is 13.7. The Hall–Kier alpha value is -0.770. The summed E-state index contributed by atoms with van der Waals surface area (Å²) in [5.41, 5.74) is 6.52. The molecule has 0 aliphatic carbocycles. The number of amides is 1. The van der Waals surface area contributed by atoms with Crippen molar-refractivity contribution in [1.29, 1.82) is 0 Å². The molecule has 1 heterocycles. The van der Waals surface area contributed by atoms with E-state index in [1.807, 2.05) is 18.2 Å². The van der Waals surface area contributed by atoms with Crippen LogP contribution in [-0.4, -0.2) is 19.0 Å². The van der Waals surface area contributed by atoms with Gasteiger partial charge in [0.15, 0.2) is 0 Å². The van der Waals surface area contributed by atoms with Crippen LogP contribution in [0.25, 0.3) is 0 Å². The van der Waals surface area contributed by atoms with Crippen LogP contribution in [0.3, 0.4) is 0 Å². The van der Waals surface area contributed by atoms with Gasteiger partial charge in [0, 0.05) is 5.56 Å². The lowest BCUT2D eigenvalue weighted by atomic mass is 9.97. The Morgan fingerprint density at radius 1 is 1.39 bits per heavy atom. The number of benzene rings is 1. The first-order valence-corrected chi connectivity index (χ1v) is 6.88. The Bertz CT molecular complexity index is 451. The lowest BCUT2D eigenvalue weighted by Crippen LogP contribution is -3.12. The number of carbonyl (C=O) groups is 1. The zero-order valence-electron chi connectivity index (χ0n) is 10.1. The molecular weight excluding hydrogens is 271 g/mol. The fourth-order valence-electron chi connectivity index (χ4n) is 2.49. The average molecular weight is 288 g/mol. The first-order valence-electron chi connectivity index (χ1n) is 6.13. The van der Waals surface area contributed by atoms with Crippen LogP contribution in [0, 0.1) is 5.92 Å². The minimum atomic E-state index is -0.179. The van der Waals surface area contributed by atoms with Gasteiger partial charge in [-0.05, 0) is 25.0 Å². The first-order chi connectivity index (χ1) is 8.56. The SMILES string of the molecule is NC(=O)[C@@H]1CCC[NH+](Cc2ccc(Cl)c(Cl)c2)C1. The molecular formula is C13H17Cl2N2O+. The quantitative estimate of drug-likeness (QED) is 0.864. The summed E-state index contributed by atoms with van der Waals surface area (Å²) >= 11 is 11.9. The molecule has 98 valence electrons. The lowest BCUT2D eigenvalue weighted by Gasteiger charge is -2.28. The van der Waals surface area contributed by atoms with Crippen molar-refractivity contribution in [2.45, 2.75) is 19.4 Å². The van der Waals surface area contributed by atoms with E-state index in [1.165, 1.54) is 4.90 Å². The topological polar surface area (TPSA) is 47.5 Å². The van der Waals surface area contributed by atoms with Gasteiger partial charge >= 0.3 is 0 Å². The van der Waals surface area contributed by atoms with Gasteiger partial charge in [-0.25, -0.2) is 0 Å². The van der Waals surface area contributed by atoms with E-state index in [9.17, 15) is 4.79 Å². The minimum absolute atomic E-state index is 0.0107. The predicted molar refractivity (Wildman–Crippen MR) is 72.8 cm³/mol. The number of quaternary nitrogens is 1. The minimum Gasteiger partial charge on any atom is -0.369 e. The second-order valence-electron chi connectivity index (χ2n) is 4.87. The molecule has 0 radical (unpaired) electrons. The Labute approximate surface area is 117 Å². The summed E-state index contributed by atoms with van der Waals surface area (Å²) < 4.78 is 0. The molecule has 0 bridgehead atoms. The highest BCUT2D eigenvalue weighted by molar-refractivity contribution is 6.42. The van der Waals surface area contributed by atoms with Gasteiger partial charge in [0.1, 0.15) is 6.54 Å². The third-order valence-electron chi connectivity index (χ3n) is 3.46. The summed E-state index contributed by atoms with van der Waals surface area (Å²) in [6.07, 6.45) is 1.96. The van der Waals surface area contributed by atoms with Crippen LogP contribution in [0.5, 0.6) is 0 Å². The number of nitrogens with two attached hydrogens (primary N) is 1. The summed E-state index contributed by atoms with van der Waals surface area (Å²) in [4.78, 5) is 12.6. The van der Waals surface area contributed by atoms with Crippen LogP contribution >= 0.6 is 23.2 Å². The monoisotopic (exact) mass is 287 g/mol. The Balaban J connectivity index is 2.00. The molecule has 0 saturated carbocycles. The number of nitrogens with one attached hydrogen (secondary N) is 1.